The summed E-state index contributed by atoms with van der Waals surface area (Å²) in [5.41, 5.74) is 4.13. The molecule has 0 saturated heterocycles. The number of thiophene rings is 1. The van der Waals surface area contributed by atoms with Gasteiger partial charge in [0.15, 0.2) is 5.13 Å². The molecule has 6 heteroatoms. The van der Waals surface area contributed by atoms with Gasteiger partial charge in [0.2, 0.25) is 0 Å². The maximum Gasteiger partial charge on any atom is 0.270 e. The van der Waals surface area contributed by atoms with Crippen molar-refractivity contribution >= 4 is 43.9 Å². The highest BCUT2D eigenvalue weighted by Gasteiger charge is 2.23. The lowest BCUT2D eigenvalue weighted by atomic mass is 10.1. The van der Waals surface area contributed by atoms with Crippen LogP contribution in [0.4, 0.5) is 5.13 Å². The fourth-order valence-electron chi connectivity index (χ4n) is 2.89. The van der Waals surface area contributed by atoms with Crippen molar-refractivity contribution in [2.24, 2.45) is 0 Å². The molecule has 0 aliphatic heterocycles. The first-order chi connectivity index (χ1) is 12.6. The summed E-state index contributed by atoms with van der Waals surface area (Å²) in [6.45, 7) is 4.55. The van der Waals surface area contributed by atoms with E-state index in [1.54, 1.807) is 22.4 Å². The maximum absolute atomic E-state index is 13.1. The van der Waals surface area contributed by atoms with E-state index in [4.69, 9.17) is 4.98 Å². The number of fused-ring (bicyclic) bond motifs is 1. The SMILES string of the molecule is Cc1cc(C)c2sc(N(Cc3ccccn3)C(=O)c3cccs3)nc2c1. The minimum absolute atomic E-state index is 0.0425. The minimum Gasteiger partial charge on any atom is -0.277 e. The smallest absolute Gasteiger partial charge is 0.270 e. The van der Waals surface area contributed by atoms with Crippen LogP contribution < -0.4 is 4.90 Å². The maximum atomic E-state index is 13.1. The van der Waals surface area contributed by atoms with E-state index >= 15 is 0 Å². The molecule has 3 aromatic heterocycles. The lowest BCUT2D eigenvalue weighted by molar-refractivity contribution is 0.0988. The highest BCUT2D eigenvalue weighted by molar-refractivity contribution is 7.22. The second-order valence-electron chi connectivity index (χ2n) is 6.12. The Hall–Kier alpha value is -2.57. The molecule has 0 radical (unpaired) electrons. The summed E-state index contributed by atoms with van der Waals surface area (Å²) >= 11 is 3.00. The number of anilines is 1. The molecule has 130 valence electrons. The van der Waals surface area contributed by atoms with Gasteiger partial charge in [0.25, 0.3) is 5.91 Å². The minimum atomic E-state index is -0.0425. The van der Waals surface area contributed by atoms with Gasteiger partial charge in [0, 0.05) is 6.20 Å². The second-order valence-corrected chi connectivity index (χ2v) is 8.04. The molecule has 0 aliphatic carbocycles. The summed E-state index contributed by atoms with van der Waals surface area (Å²) in [4.78, 5) is 24.7. The van der Waals surface area contributed by atoms with Crippen molar-refractivity contribution in [3.8, 4) is 0 Å². The Labute approximate surface area is 159 Å². The van der Waals surface area contributed by atoms with Gasteiger partial charge < -0.3 is 0 Å². The van der Waals surface area contributed by atoms with Gasteiger partial charge in [-0.1, -0.05) is 29.5 Å². The Morgan fingerprint density at radius 3 is 2.77 bits per heavy atom. The van der Waals surface area contributed by atoms with Crippen LogP contribution in [0.5, 0.6) is 0 Å². The zero-order chi connectivity index (χ0) is 18.1. The van der Waals surface area contributed by atoms with E-state index in [0.717, 1.165) is 15.9 Å². The first-order valence-corrected chi connectivity index (χ1v) is 9.94. The summed E-state index contributed by atoms with van der Waals surface area (Å²) in [5, 5.41) is 2.62. The highest BCUT2D eigenvalue weighted by atomic mass is 32.1. The van der Waals surface area contributed by atoms with Crippen molar-refractivity contribution in [3.63, 3.8) is 0 Å². The largest absolute Gasteiger partial charge is 0.277 e. The Kier molecular flexibility index (Phi) is 4.53. The number of thiazole rings is 1. The van der Waals surface area contributed by atoms with Crippen LogP contribution in [-0.4, -0.2) is 15.9 Å². The fraction of sp³-hybridized carbons (Fsp3) is 0.150. The number of carbonyl (C=O) groups excluding carboxylic acids is 1. The van der Waals surface area contributed by atoms with Crippen molar-refractivity contribution in [3.05, 3.63) is 75.7 Å². The van der Waals surface area contributed by atoms with E-state index in [-0.39, 0.29) is 5.91 Å². The van der Waals surface area contributed by atoms with E-state index in [9.17, 15) is 4.79 Å². The molecule has 3 heterocycles. The van der Waals surface area contributed by atoms with Gasteiger partial charge >= 0.3 is 0 Å². The number of pyridine rings is 1. The van der Waals surface area contributed by atoms with Crippen LogP contribution in [-0.2, 0) is 6.54 Å². The molecule has 0 fully saturated rings. The molecule has 1 amide bonds. The number of rotatable bonds is 4. The molecule has 0 spiro atoms. The summed E-state index contributed by atoms with van der Waals surface area (Å²) in [5.74, 6) is -0.0425. The Morgan fingerprint density at radius 2 is 2.04 bits per heavy atom. The number of hydrogen-bond donors (Lipinski definition) is 0. The molecule has 0 N–H and O–H groups in total. The van der Waals surface area contributed by atoms with Crippen molar-refractivity contribution < 1.29 is 4.79 Å². The normalized spacial score (nSPS) is 11.0. The molecule has 0 unspecified atom stereocenters. The summed E-state index contributed by atoms with van der Waals surface area (Å²) in [6.07, 6.45) is 1.75. The molecule has 0 saturated carbocycles. The number of nitrogens with zero attached hydrogens (tertiary/aromatic N) is 3. The van der Waals surface area contributed by atoms with Crippen LogP contribution in [0.15, 0.2) is 54.0 Å². The summed E-state index contributed by atoms with van der Waals surface area (Å²) < 4.78 is 1.12. The van der Waals surface area contributed by atoms with Gasteiger partial charge in [-0.15, -0.1) is 11.3 Å². The Bertz CT molecular complexity index is 1060. The zero-order valence-corrected chi connectivity index (χ0v) is 16.1. The van der Waals surface area contributed by atoms with Crippen molar-refractivity contribution in [1.29, 1.82) is 0 Å². The van der Waals surface area contributed by atoms with Crippen LogP contribution in [0.25, 0.3) is 10.2 Å². The van der Waals surface area contributed by atoms with E-state index in [2.05, 4.69) is 31.0 Å². The first kappa shape index (κ1) is 16.9. The molecule has 4 rings (SSSR count). The molecule has 4 nitrogen and oxygen atoms in total. The number of aryl methyl sites for hydroxylation is 2. The fourth-order valence-corrected chi connectivity index (χ4v) is 4.58. The van der Waals surface area contributed by atoms with Gasteiger partial charge in [0.1, 0.15) is 0 Å². The second kappa shape index (κ2) is 6.97. The molecule has 0 atom stereocenters. The van der Waals surface area contributed by atoms with Crippen LogP contribution >= 0.6 is 22.7 Å². The predicted octanol–water partition coefficient (Wildman–Crippen LogP) is 5.22. The standard InChI is InChI=1S/C20H17N3OS2/c1-13-10-14(2)18-16(11-13)22-20(26-18)23(12-15-6-3-4-8-21-15)19(24)17-7-5-9-25-17/h3-11H,12H2,1-2H3. The monoisotopic (exact) mass is 379 g/mol. The molecule has 4 aromatic rings. The Morgan fingerprint density at radius 1 is 1.15 bits per heavy atom. The predicted molar refractivity (Wildman–Crippen MR) is 108 cm³/mol. The quantitative estimate of drug-likeness (QED) is 0.488. The number of aromatic nitrogens is 2. The van der Waals surface area contributed by atoms with Gasteiger partial charge in [-0.2, -0.15) is 0 Å². The van der Waals surface area contributed by atoms with E-state index in [1.165, 1.54) is 22.5 Å². The van der Waals surface area contributed by atoms with Crippen molar-refractivity contribution in [2.75, 3.05) is 4.90 Å². The van der Waals surface area contributed by atoms with Gasteiger partial charge in [-0.3, -0.25) is 14.7 Å². The average molecular weight is 380 g/mol. The number of amides is 1. The molecule has 0 bridgehead atoms. The highest BCUT2D eigenvalue weighted by Crippen LogP contribution is 2.33. The molecule has 26 heavy (non-hydrogen) atoms. The van der Waals surface area contributed by atoms with Gasteiger partial charge in [-0.05, 0) is 54.6 Å². The van der Waals surface area contributed by atoms with Crippen LogP contribution in [0, 0.1) is 13.8 Å². The molecular formula is C20H17N3OS2. The summed E-state index contributed by atoms with van der Waals surface area (Å²) in [6, 6.07) is 13.7. The van der Waals surface area contributed by atoms with E-state index in [1.807, 2.05) is 35.7 Å². The van der Waals surface area contributed by atoms with Gasteiger partial charge in [0.05, 0.1) is 27.3 Å². The third-order valence-electron chi connectivity index (χ3n) is 4.06. The lowest BCUT2D eigenvalue weighted by Gasteiger charge is -2.18. The zero-order valence-electron chi connectivity index (χ0n) is 14.5. The molecule has 0 aliphatic rings. The Balaban J connectivity index is 1.79. The van der Waals surface area contributed by atoms with Gasteiger partial charge in [-0.25, -0.2) is 4.98 Å². The third kappa shape index (κ3) is 3.25. The van der Waals surface area contributed by atoms with E-state index in [0.29, 0.717) is 16.6 Å². The molecule has 1 aromatic carbocycles. The van der Waals surface area contributed by atoms with E-state index < -0.39 is 0 Å². The lowest BCUT2D eigenvalue weighted by Crippen LogP contribution is -2.30. The van der Waals surface area contributed by atoms with Crippen LogP contribution in [0.3, 0.4) is 0 Å². The number of hydrogen-bond acceptors (Lipinski definition) is 5. The summed E-state index contributed by atoms with van der Waals surface area (Å²) in [7, 11) is 0. The third-order valence-corrected chi connectivity index (χ3v) is 6.15. The number of carbonyl (C=O) groups is 1. The average Bonchev–Trinajstić information content (AvgIpc) is 3.29. The topological polar surface area (TPSA) is 46.1 Å². The molecular weight excluding hydrogens is 362 g/mol. The first-order valence-electron chi connectivity index (χ1n) is 8.25. The van der Waals surface area contributed by atoms with Crippen LogP contribution in [0.2, 0.25) is 0 Å². The van der Waals surface area contributed by atoms with Crippen molar-refractivity contribution in [1.82, 2.24) is 9.97 Å². The van der Waals surface area contributed by atoms with Crippen molar-refractivity contribution in [2.45, 2.75) is 20.4 Å². The van der Waals surface area contributed by atoms with Crippen LogP contribution in [0.1, 0.15) is 26.5 Å². The number of benzene rings is 1.